The highest BCUT2D eigenvalue weighted by Crippen LogP contribution is 2.25. The number of benzene rings is 1. The van der Waals surface area contributed by atoms with E-state index in [1.807, 2.05) is 6.92 Å². The molecule has 3 rings (SSSR count). The van der Waals surface area contributed by atoms with Crippen LogP contribution in [0.25, 0.3) is 0 Å². The van der Waals surface area contributed by atoms with Gasteiger partial charge in [-0.25, -0.2) is 8.42 Å². The number of hydrogen-bond acceptors (Lipinski definition) is 4. The molecule has 2 atom stereocenters. The maximum absolute atomic E-state index is 13.0. The Morgan fingerprint density at radius 2 is 1.85 bits per heavy atom. The minimum atomic E-state index is -2.98. The number of carbonyl (C=O) groups is 1. The van der Waals surface area contributed by atoms with Gasteiger partial charge in [-0.2, -0.15) is 0 Å². The monoisotopic (exact) mass is 392 g/mol. The van der Waals surface area contributed by atoms with Crippen LogP contribution in [0.15, 0.2) is 24.3 Å². The molecule has 0 bridgehead atoms. The molecule has 150 valence electrons. The molecule has 0 aromatic heterocycles. The van der Waals surface area contributed by atoms with E-state index >= 15 is 0 Å². The van der Waals surface area contributed by atoms with E-state index in [-0.39, 0.29) is 23.5 Å². The van der Waals surface area contributed by atoms with Crippen LogP contribution >= 0.6 is 0 Å². The van der Waals surface area contributed by atoms with Crippen LogP contribution in [0.2, 0.25) is 0 Å². The number of amides is 1. The second kappa shape index (κ2) is 8.74. The average Bonchev–Trinajstić information content (AvgIpc) is 3.01. The third-order valence-electron chi connectivity index (χ3n) is 6.00. The zero-order valence-electron chi connectivity index (χ0n) is 16.6. The van der Waals surface area contributed by atoms with Gasteiger partial charge >= 0.3 is 0 Å². The van der Waals surface area contributed by atoms with Gasteiger partial charge in [-0.3, -0.25) is 9.69 Å². The predicted molar refractivity (Wildman–Crippen MR) is 109 cm³/mol. The van der Waals surface area contributed by atoms with Gasteiger partial charge in [0.25, 0.3) is 0 Å². The lowest BCUT2D eigenvalue weighted by atomic mass is 9.87. The van der Waals surface area contributed by atoms with Crippen LogP contribution in [-0.2, 0) is 27.5 Å². The van der Waals surface area contributed by atoms with Crippen molar-refractivity contribution in [3.63, 3.8) is 0 Å². The Labute approximate surface area is 163 Å². The molecule has 5 nitrogen and oxygen atoms in total. The van der Waals surface area contributed by atoms with E-state index in [0.717, 1.165) is 32.2 Å². The van der Waals surface area contributed by atoms with Crippen molar-refractivity contribution < 1.29 is 13.2 Å². The second-order valence-corrected chi connectivity index (χ2v) is 10.1. The summed E-state index contributed by atoms with van der Waals surface area (Å²) in [4.78, 5) is 17.2. The van der Waals surface area contributed by atoms with Crippen molar-refractivity contribution in [3.05, 3.63) is 35.4 Å². The first kappa shape index (κ1) is 20.3. The molecule has 1 heterocycles. The lowest BCUT2D eigenvalue weighted by molar-refractivity contribution is -0.134. The highest BCUT2D eigenvalue weighted by Gasteiger charge is 2.35. The Hall–Kier alpha value is -1.40. The summed E-state index contributed by atoms with van der Waals surface area (Å²) in [7, 11) is -2.98. The maximum Gasteiger partial charge on any atom is 0.237 e. The quantitative estimate of drug-likeness (QED) is 0.714. The molecule has 2 unspecified atom stereocenters. The summed E-state index contributed by atoms with van der Waals surface area (Å²) in [5.41, 5.74) is 2.83. The fraction of sp³-hybridized carbons (Fsp3) is 0.667. The molecule has 1 aliphatic heterocycles. The highest BCUT2D eigenvalue weighted by atomic mass is 32.2. The predicted octanol–water partition coefficient (Wildman–Crippen LogP) is 2.29. The number of aryl methyl sites for hydroxylation is 1. The van der Waals surface area contributed by atoms with E-state index in [0.29, 0.717) is 25.6 Å². The first-order valence-electron chi connectivity index (χ1n) is 10.2. The molecule has 1 aromatic carbocycles. The average molecular weight is 393 g/mol. The molecule has 27 heavy (non-hydrogen) atoms. The summed E-state index contributed by atoms with van der Waals surface area (Å²) in [5, 5.41) is 0. The number of nitrogens with zero attached hydrogens (tertiary/aromatic N) is 2. The van der Waals surface area contributed by atoms with E-state index in [1.165, 1.54) is 11.1 Å². The standard InChI is InChI=1S/C21H32N2O3S/c1-3-12-22(19-10-9-17-7-5-6-8-18(17)14-19)15-21(24)23(4-2)20-11-13-27(25,26)16-20/h5-8,19-20H,3-4,9-16H2,1-2H3. The van der Waals surface area contributed by atoms with Gasteiger partial charge in [0.1, 0.15) is 0 Å². The third-order valence-corrected chi connectivity index (χ3v) is 7.75. The van der Waals surface area contributed by atoms with Crippen molar-refractivity contribution >= 4 is 15.7 Å². The summed E-state index contributed by atoms with van der Waals surface area (Å²) in [6.07, 6.45) is 4.72. The lowest BCUT2D eigenvalue weighted by Gasteiger charge is -2.37. The van der Waals surface area contributed by atoms with Crippen molar-refractivity contribution in [2.75, 3.05) is 31.1 Å². The van der Waals surface area contributed by atoms with Gasteiger partial charge in [-0.15, -0.1) is 0 Å². The summed E-state index contributed by atoms with van der Waals surface area (Å²) >= 11 is 0. The van der Waals surface area contributed by atoms with Crippen LogP contribution < -0.4 is 0 Å². The number of carbonyl (C=O) groups excluding carboxylic acids is 1. The number of fused-ring (bicyclic) bond motifs is 1. The fourth-order valence-electron chi connectivity index (χ4n) is 4.59. The largest absolute Gasteiger partial charge is 0.338 e. The van der Waals surface area contributed by atoms with Crippen molar-refractivity contribution in [1.29, 1.82) is 0 Å². The zero-order chi connectivity index (χ0) is 19.4. The molecule has 1 amide bonds. The summed E-state index contributed by atoms with van der Waals surface area (Å²) in [6.45, 7) is 5.97. The molecule has 0 saturated carbocycles. The van der Waals surface area contributed by atoms with Crippen molar-refractivity contribution in [1.82, 2.24) is 9.80 Å². The molecule has 6 heteroatoms. The first-order chi connectivity index (χ1) is 12.9. The summed E-state index contributed by atoms with van der Waals surface area (Å²) < 4.78 is 23.6. The Balaban J connectivity index is 1.67. The SMILES string of the molecule is CCCN(CC(=O)N(CC)C1CCS(=O)(=O)C1)C1CCc2ccccc2C1. The number of sulfone groups is 1. The molecule has 1 aromatic rings. The second-order valence-electron chi connectivity index (χ2n) is 7.87. The molecule has 2 aliphatic rings. The molecule has 1 saturated heterocycles. The van der Waals surface area contributed by atoms with Crippen molar-refractivity contribution in [2.45, 2.75) is 58.0 Å². The van der Waals surface area contributed by atoms with Gasteiger partial charge in [-0.1, -0.05) is 31.2 Å². The third kappa shape index (κ3) is 4.91. The molecule has 1 aliphatic carbocycles. The minimum absolute atomic E-state index is 0.0758. The van der Waals surface area contributed by atoms with Crippen molar-refractivity contribution in [3.8, 4) is 0 Å². The van der Waals surface area contributed by atoms with Crippen LogP contribution in [0.5, 0.6) is 0 Å². The Bertz CT molecular complexity index is 762. The van der Waals surface area contributed by atoms with Gasteiger partial charge in [0.2, 0.25) is 5.91 Å². The van der Waals surface area contributed by atoms with Crippen LogP contribution in [0, 0.1) is 0 Å². The van der Waals surface area contributed by atoms with Crippen LogP contribution in [0.3, 0.4) is 0 Å². The van der Waals surface area contributed by atoms with Crippen LogP contribution in [-0.4, -0.2) is 67.3 Å². The fourth-order valence-corrected chi connectivity index (χ4v) is 6.32. The van der Waals surface area contributed by atoms with E-state index < -0.39 is 9.84 Å². The van der Waals surface area contributed by atoms with E-state index in [1.54, 1.807) is 4.90 Å². The Morgan fingerprint density at radius 3 is 2.48 bits per heavy atom. The smallest absolute Gasteiger partial charge is 0.237 e. The lowest BCUT2D eigenvalue weighted by Crippen LogP contribution is -2.49. The topological polar surface area (TPSA) is 57.7 Å². The van der Waals surface area contributed by atoms with Gasteiger partial charge in [0.05, 0.1) is 18.1 Å². The van der Waals surface area contributed by atoms with Gasteiger partial charge in [0.15, 0.2) is 9.84 Å². The highest BCUT2D eigenvalue weighted by molar-refractivity contribution is 7.91. The number of rotatable bonds is 7. The molecule has 1 fully saturated rings. The molecular formula is C21H32N2O3S. The van der Waals surface area contributed by atoms with Gasteiger partial charge < -0.3 is 4.90 Å². The minimum Gasteiger partial charge on any atom is -0.338 e. The summed E-state index contributed by atoms with van der Waals surface area (Å²) in [6, 6.07) is 8.84. The number of likely N-dealkylation sites (N-methyl/N-ethyl adjacent to an activating group) is 1. The van der Waals surface area contributed by atoms with E-state index in [9.17, 15) is 13.2 Å². The van der Waals surface area contributed by atoms with Crippen molar-refractivity contribution in [2.24, 2.45) is 0 Å². The maximum atomic E-state index is 13.0. The molecular weight excluding hydrogens is 360 g/mol. The normalized spacial score (nSPS) is 24.0. The zero-order valence-corrected chi connectivity index (χ0v) is 17.4. The van der Waals surface area contributed by atoms with Crippen LogP contribution in [0.1, 0.15) is 44.2 Å². The van der Waals surface area contributed by atoms with Gasteiger partial charge in [-0.05, 0) is 56.7 Å². The number of hydrogen-bond donors (Lipinski definition) is 0. The molecule has 0 N–H and O–H groups in total. The molecule has 0 radical (unpaired) electrons. The molecule has 0 spiro atoms. The Kier molecular flexibility index (Phi) is 6.58. The van der Waals surface area contributed by atoms with E-state index in [4.69, 9.17) is 0 Å². The Morgan fingerprint density at radius 1 is 1.11 bits per heavy atom. The van der Waals surface area contributed by atoms with Crippen LogP contribution in [0.4, 0.5) is 0 Å². The van der Waals surface area contributed by atoms with Gasteiger partial charge in [0, 0.05) is 18.6 Å². The first-order valence-corrected chi connectivity index (χ1v) is 12.1. The summed E-state index contributed by atoms with van der Waals surface area (Å²) in [5.74, 6) is 0.406. The van der Waals surface area contributed by atoms with E-state index in [2.05, 4.69) is 36.1 Å².